The standard InChI is InChI=1S/C17H25N4O3/c18-12-17(8-10-21(11-9-17)16(24)15(19)23)20-14(22)7-6-13-4-2-1-3-5-13/h7,13H,1-6,8-11H2,(H2,19,23)(H,20,22). The van der Waals surface area contributed by atoms with Gasteiger partial charge in [-0.1, -0.05) is 32.1 Å². The number of carbonyl (C=O) groups is 3. The number of nitrogens with two attached hydrogens (primary N) is 1. The molecule has 1 heterocycles. The van der Waals surface area contributed by atoms with Crippen LogP contribution in [0.3, 0.4) is 0 Å². The van der Waals surface area contributed by atoms with Gasteiger partial charge in [0.1, 0.15) is 5.54 Å². The van der Waals surface area contributed by atoms with Crippen LogP contribution in [0, 0.1) is 23.7 Å². The van der Waals surface area contributed by atoms with E-state index in [4.69, 9.17) is 5.73 Å². The molecule has 0 unspecified atom stereocenters. The number of carbonyl (C=O) groups excluding carboxylic acids is 3. The quantitative estimate of drug-likeness (QED) is 0.735. The van der Waals surface area contributed by atoms with Gasteiger partial charge in [-0.25, -0.2) is 0 Å². The molecular formula is C17H25N4O3. The summed E-state index contributed by atoms with van der Waals surface area (Å²) in [6.07, 6.45) is 9.06. The number of nitrogens with one attached hydrogen (secondary N) is 1. The summed E-state index contributed by atoms with van der Waals surface area (Å²) in [5.74, 6) is -1.39. The second-order valence-corrected chi connectivity index (χ2v) is 6.78. The van der Waals surface area contributed by atoms with E-state index < -0.39 is 17.4 Å². The van der Waals surface area contributed by atoms with Gasteiger partial charge in [0.2, 0.25) is 5.91 Å². The summed E-state index contributed by atoms with van der Waals surface area (Å²) in [6.45, 7) is 0.469. The lowest BCUT2D eigenvalue weighted by molar-refractivity contribution is -0.145. The molecule has 2 fully saturated rings. The molecule has 0 bridgehead atoms. The number of rotatable bonds is 4. The minimum absolute atomic E-state index is 0.225. The Hall–Kier alpha value is -2.10. The van der Waals surface area contributed by atoms with Crippen LogP contribution >= 0.6 is 0 Å². The summed E-state index contributed by atoms with van der Waals surface area (Å²) in [6, 6.07) is 2.17. The molecule has 3 N–H and O–H groups in total. The SMILES string of the molecule is N#CC1(NC(=O)[CH]CC2CCCCC2)CCN(C(=O)C(N)=O)CC1. The predicted molar refractivity (Wildman–Crippen MR) is 87.0 cm³/mol. The van der Waals surface area contributed by atoms with Gasteiger partial charge in [-0.05, 0) is 12.3 Å². The summed E-state index contributed by atoms with van der Waals surface area (Å²) in [7, 11) is 0. The Kier molecular flexibility index (Phi) is 6.18. The minimum Gasteiger partial charge on any atom is -0.361 e. The fraction of sp³-hybridized carbons (Fsp3) is 0.706. The van der Waals surface area contributed by atoms with Crippen LogP contribution in [-0.4, -0.2) is 41.2 Å². The first-order valence-electron chi connectivity index (χ1n) is 8.61. The molecule has 0 atom stereocenters. The van der Waals surface area contributed by atoms with Crippen molar-refractivity contribution < 1.29 is 14.4 Å². The zero-order chi connectivity index (χ0) is 17.6. The maximum Gasteiger partial charge on any atom is 0.311 e. The highest BCUT2D eigenvalue weighted by molar-refractivity contribution is 6.34. The van der Waals surface area contributed by atoms with E-state index in [1.807, 2.05) is 0 Å². The number of likely N-dealkylation sites (tertiary alicyclic amines) is 1. The molecule has 1 aliphatic heterocycles. The van der Waals surface area contributed by atoms with Crippen molar-refractivity contribution in [2.24, 2.45) is 11.7 Å². The lowest BCUT2D eigenvalue weighted by Gasteiger charge is -2.37. The van der Waals surface area contributed by atoms with Gasteiger partial charge in [0.05, 0.1) is 6.07 Å². The molecule has 7 nitrogen and oxygen atoms in total. The van der Waals surface area contributed by atoms with E-state index in [0.29, 0.717) is 18.8 Å². The van der Waals surface area contributed by atoms with Crippen molar-refractivity contribution in [1.82, 2.24) is 10.2 Å². The van der Waals surface area contributed by atoms with Gasteiger partial charge in [0, 0.05) is 32.4 Å². The molecule has 131 valence electrons. The van der Waals surface area contributed by atoms with E-state index in [1.54, 1.807) is 6.42 Å². The third-order valence-electron chi connectivity index (χ3n) is 5.05. The third kappa shape index (κ3) is 4.70. The molecule has 0 aromatic rings. The summed E-state index contributed by atoms with van der Waals surface area (Å²) in [4.78, 5) is 36.0. The van der Waals surface area contributed by atoms with E-state index in [-0.39, 0.29) is 19.0 Å². The summed E-state index contributed by atoms with van der Waals surface area (Å²) in [5.41, 5.74) is 4.01. The number of amides is 3. The molecule has 1 saturated heterocycles. The average Bonchev–Trinajstić information content (AvgIpc) is 2.61. The molecule has 0 aromatic carbocycles. The smallest absolute Gasteiger partial charge is 0.311 e. The molecular weight excluding hydrogens is 308 g/mol. The van der Waals surface area contributed by atoms with Gasteiger partial charge in [-0.15, -0.1) is 0 Å². The zero-order valence-electron chi connectivity index (χ0n) is 13.9. The van der Waals surface area contributed by atoms with Crippen LogP contribution in [0.2, 0.25) is 0 Å². The van der Waals surface area contributed by atoms with Crippen LogP contribution in [0.1, 0.15) is 51.4 Å². The van der Waals surface area contributed by atoms with Crippen molar-refractivity contribution in [2.45, 2.75) is 56.9 Å². The molecule has 2 aliphatic rings. The number of piperidine rings is 1. The van der Waals surface area contributed by atoms with Gasteiger partial charge in [0.15, 0.2) is 0 Å². The van der Waals surface area contributed by atoms with E-state index >= 15 is 0 Å². The van der Waals surface area contributed by atoms with Gasteiger partial charge >= 0.3 is 11.8 Å². The van der Waals surface area contributed by atoms with E-state index in [9.17, 15) is 19.6 Å². The molecule has 1 radical (unpaired) electrons. The maximum atomic E-state index is 12.2. The minimum atomic E-state index is -0.996. The molecule has 1 aliphatic carbocycles. The van der Waals surface area contributed by atoms with Gasteiger partial charge in [0.25, 0.3) is 0 Å². The van der Waals surface area contributed by atoms with Crippen molar-refractivity contribution in [3.05, 3.63) is 6.42 Å². The average molecular weight is 333 g/mol. The third-order valence-corrected chi connectivity index (χ3v) is 5.05. The van der Waals surface area contributed by atoms with Gasteiger partial charge in [-0.2, -0.15) is 5.26 Å². The molecule has 24 heavy (non-hydrogen) atoms. The van der Waals surface area contributed by atoms with Crippen molar-refractivity contribution in [3.63, 3.8) is 0 Å². The molecule has 7 heteroatoms. The molecule has 0 aromatic heterocycles. The topological polar surface area (TPSA) is 116 Å². The Bertz CT molecular complexity index is 526. The lowest BCUT2D eigenvalue weighted by Crippen LogP contribution is -2.56. The van der Waals surface area contributed by atoms with Crippen LogP contribution in [-0.2, 0) is 14.4 Å². The number of nitriles is 1. The van der Waals surface area contributed by atoms with Crippen molar-refractivity contribution in [3.8, 4) is 6.07 Å². The van der Waals surface area contributed by atoms with Gasteiger partial charge < -0.3 is 16.0 Å². The van der Waals surface area contributed by atoms with E-state index in [2.05, 4.69) is 11.4 Å². The number of hydrogen-bond donors (Lipinski definition) is 2. The second-order valence-electron chi connectivity index (χ2n) is 6.78. The summed E-state index contributed by atoms with van der Waals surface area (Å²) in [5, 5.41) is 12.3. The molecule has 0 spiro atoms. The Balaban J connectivity index is 1.81. The summed E-state index contributed by atoms with van der Waals surface area (Å²) >= 11 is 0. The van der Waals surface area contributed by atoms with Crippen molar-refractivity contribution >= 4 is 17.7 Å². The highest BCUT2D eigenvalue weighted by Crippen LogP contribution is 2.27. The fourth-order valence-electron chi connectivity index (χ4n) is 3.50. The lowest BCUT2D eigenvalue weighted by atomic mass is 9.85. The molecule has 2 rings (SSSR count). The van der Waals surface area contributed by atoms with Crippen molar-refractivity contribution in [1.29, 1.82) is 5.26 Å². The Labute approximate surface area is 142 Å². The number of primary amides is 1. The van der Waals surface area contributed by atoms with Crippen LogP contribution in [0.5, 0.6) is 0 Å². The highest BCUT2D eigenvalue weighted by atomic mass is 16.2. The highest BCUT2D eigenvalue weighted by Gasteiger charge is 2.38. The number of nitrogens with zero attached hydrogens (tertiary/aromatic N) is 2. The number of hydrogen-bond acceptors (Lipinski definition) is 4. The normalized spacial score (nSPS) is 20.9. The molecule has 1 saturated carbocycles. The van der Waals surface area contributed by atoms with Crippen LogP contribution in [0.4, 0.5) is 0 Å². The van der Waals surface area contributed by atoms with Crippen LogP contribution in [0.15, 0.2) is 0 Å². The summed E-state index contributed by atoms with van der Waals surface area (Å²) < 4.78 is 0. The molecule has 3 amide bonds. The zero-order valence-corrected chi connectivity index (χ0v) is 13.9. The van der Waals surface area contributed by atoms with E-state index in [0.717, 1.165) is 19.3 Å². The van der Waals surface area contributed by atoms with Crippen LogP contribution in [0.25, 0.3) is 0 Å². The maximum absolute atomic E-state index is 12.2. The van der Waals surface area contributed by atoms with Crippen molar-refractivity contribution in [2.75, 3.05) is 13.1 Å². The first-order valence-corrected chi connectivity index (χ1v) is 8.61. The van der Waals surface area contributed by atoms with E-state index in [1.165, 1.54) is 24.2 Å². The second kappa shape index (κ2) is 8.13. The first-order chi connectivity index (χ1) is 11.5. The van der Waals surface area contributed by atoms with Crippen LogP contribution < -0.4 is 11.1 Å². The first kappa shape index (κ1) is 18.2. The largest absolute Gasteiger partial charge is 0.361 e. The fourth-order valence-corrected chi connectivity index (χ4v) is 3.50. The monoisotopic (exact) mass is 333 g/mol. The van der Waals surface area contributed by atoms with Gasteiger partial charge in [-0.3, -0.25) is 14.4 Å². The Morgan fingerprint density at radius 1 is 1.21 bits per heavy atom. The predicted octanol–water partition coefficient (Wildman–Crippen LogP) is 0.647. The Morgan fingerprint density at radius 2 is 1.83 bits per heavy atom. The Morgan fingerprint density at radius 3 is 2.38 bits per heavy atom.